The third-order valence-electron chi connectivity index (χ3n) is 2.55. The van der Waals surface area contributed by atoms with Gasteiger partial charge in [0.05, 0.1) is 0 Å². The Bertz CT molecular complexity index is 525. The van der Waals surface area contributed by atoms with E-state index >= 15 is 0 Å². The van der Waals surface area contributed by atoms with Gasteiger partial charge in [0.25, 0.3) is 0 Å². The number of benzene rings is 1. The monoisotopic (exact) mass is 352 g/mol. The highest BCUT2D eigenvalue weighted by atomic mass is 35.5. The molecule has 0 radical (unpaired) electrons. The Hall–Kier alpha value is -1.51. The lowest BCUT2D eigenvalue weighted by Crippen LogP contribution is -2.56. The summed E-state index contributed by atoms with van der Waals surface area (Å²) in [6.45, 7) is -0.884. The van der Waals surface area contributed by atoms with Crippen LogP contribution in [0.1, 0.15) is 11.1 Å². The van der Waals surface area contributed by atoms with Gasteiger partial charge in [0.1, 0.15) is 6.61 Å². The summed E-state index contributed by atoms with van der Waals surface area (Å²) in [6, 6.07) is 5.48. The molecule has 0 heterocycles. The molecule has 0 saturated carbocycles. The molecule has 10 heteroatoms. The van der Waals surface area contributed by atoms with E-state index in [1.165, 1.54) is 24.3 Å². The van der Waals surface area contributed by atoms with Gasteiger partial charge in [-0.25, -0.2) is 4.79 Å². The van der Waals surface area contributed by atoms with Crippen LogP contribution in [0.2, 0.25) is 0 Å². The summed E-state index contributed by atoms with van der Waals surface area (Å²) < 4.78 is 90.6. The van der Waals surface area contributed by atoms with Crippen molar-refractivity contribution in [3.63, 3.8) is 0 Å². The van der Waals surface area contributed by atoms with Crippen LogP contribution in [0.4, 0.5) is 30.7 Å². The van der Waals surface area contributed by atoms with E-state index in [2.05, 4.69) is 4.74 Å². The van der Waals surface area contributed by atoms with Gasteiger partial charge in [0.2, 0.25) is 0 Å². The molecule has 2 nitrogen and oxygen atoms in total. The minimum absolute atomic E-state index is 0.119. The molecule has 22 heavy (non-hydrogen) atoms. The highest BCUT2D eigenvalue weighted by Crippen LogP contribution is 2.47. The van der Waals surface area contributed by atoms with Gasteiger partial charge in [0.15, 0.2) is 0 Å². The maximum Gasteiger partial charge on any atom is 0.460 e. The molecule has 0 aromatic heterocycles. The highest BCUT2D eigenvalue weighted by Gasteiger charge is 2.77. The predicted octanol–water partition coefficient (Wildman–Crippen LogP) is 4.30. The summed E-state index contributed by atoms with van der Waals surface area (Å²) in [5, 5.41) is 0. The van der Waals surface area contributed by atoms with Gasteiger partial charge < -0.3 is 4.74 Å². The molecule has 124 valence electrons. The van der Waals surface area contributed by atoms with Crippen molar-refractivity contribution in [3.8, 4) is 0 Å². The first-order chi connectivity index (χ1) is 9.93. The average molecular weight is 353 g/mol. The molecule has 0 aliphatic carbocycles. The summed E-state index contributed by atoms with van der Waals surface area (Å²) in [5.74, 6) is -15.4. The van der Waals surface area contributed by atoms with Gasteiger partial charge in [-0.15, -0.1) is 11.6 Å². The summed E-state index contributed by atoms with van der Waals surface area (Å²) in [5.41, 5.74) is 0.763. The van der Waals surface area contributed by atoms with Crippen molar-refractivity contribution in [2.45, 2.75) is 30.5 Å². The van der Waals surface area contributed by atoms with E-state index in [-0.39, 0.29) is 11.4 Å². The zero-order chi connectivity index (χ0) is 17.2. The van der Waals surface area contributed by atoms with Crippen LogP contribution in [-0.2, 0) is 22.0 Å². The Morgan fingerprint density at radius 1 is 0.955 bits per heavy atom. The SMILES string of the molecule is O=C(OCc1ccc(CCl)cc1)C(F)(F)C(F)(F)C(F)(F)F. The Kier molecular flexibility index (Phi) is 5.32. The number of carbonyl (C=O) groups is 1. The summed E-state index contributed by atoms with van der Waals surface area (Å²) in [4.78, 5) is 10.9. The minimum atomic E-state index is -6.59. The topological polar surface area (TPSA) is 26.3 Å². The summed E-state index contributed by atoms with van der Waals surface area (Å²) in [7, 11) is 0. The van der Waals surface area contributed by atoms with Crippen LogP contribution < -0.4 is 0 Å². The second-order valence-electron chi connectivity index (χ2n) is 4.17. The number of halogens is 8. The number of alkyl halides is 8. The van der Waals surface area contributed by atoms with E-state index in [4.69, 9.17) is 11.6 Å². The fraction of sp³-hybridized carbons (Fsp3) is 0.417. The smallest absolute Gasteiger partial charge is 0.456 e. The van der Waals surface area contributed by atoms with E-state index in [1.807, 2.05) is 0 Å². The molecule has 0 N–H and O–H groups in total. The highest BCUT2D eigenvalue weighted by molar-refractivity contribution is 6.17. The van der Waals surface area contributed by atoms with Gasteiger partial charge in [-0.05, 0) is 11.1 Å². The van der Waals surface area contributed by atoms with E-state index < -0.39 is 30.6 Å². The van der Waals surface area contributed by atoms with Crippen LogP contribution in [0.5, 0.6) is 0 Å². The van der Waals surface area contributed by atoms with Crippen LogP contribution in [-0.4, -0.2) is 24.0 Å². The minimum Gasteiger partial charge on any atom is -0.456 e. The van der Waals surface area contributed by atoms with Crippen molar-refractivity contribution in [2.75, 3.05) is 0 Å². The molecule has 0 saturated heterocycles. The van der Waals surface area contributed by atoms with E-state index in [1.54, 1.807) is 0 Å². The van der Waals surface area contributed by atoms with E-state index in [9.17, 15) is 35.5 Å². The zero-order valence-electron chi connectivity index (χ0n) is 10.6. The number of ether oxygens (including phenoxy) is 1. The molecule has 0 unspecified atom stereocenters. The molecule has 0 aliphatic rings. The molecule has 0 aliphatic heterocycles. The molecule has 0 fully saturated rings. The van der Waals surface area contributed by atoms with E-state index in [0.717, 1.165) is 0 Å². The Morgan fingerprint density at radius 2 is 1.41 bits per heavy atom. The summed E-state index contributed by atoms with van der Waals surface area (Å²) >= 11 is 5.49. The quantitative estimate of drug-likeness (QED) is 0.448. The molecule has 0 bridgehead atoms. The summed E-state index contributed by atoms with van der Waals surface area (Å²) in [6.07, 6.45) is -6.59. The van der Waals surface area contributed by atoms with Crippen LogP contribution >= 0.6 is 11.6 Å². The van der Waals surface area contributed by atoms with Gasteiger partial charge in [-0.3, -0.25) is 0 Å². The first kappa shape index (κ1) is 18.5. The second-order valence-corrected chi connectivity index (χ2v) is 4.44. The van der Waals surface area contributed by atoms with Gasteiger partial charge >= 0.3 is 24.0 Å². The average Bonchev–Trinajstić information content (AvgIpc) is 2.43. The van der Waals surface area contributed by atoms with Gasteiger partial charge in [-0.2, -0.15) is 30.7 Å². The van der Waals surface area contributed by atoms with Gasteiger partial charge in [0, 0.05) is 5.88 Å². The maximum absolute atomic E-state index is 13.0. The lowest BCUT2D eigenvalue weighted by molar-refractivity contribution is -0.348. The number of esters is 1. The molecule has 1 rings (SSSR count). The number of hydrogen-bond acceptors (Lipinski definition) is 2. The van der Waals surface area contributed by atoms with Crippen molar-refractivity contribution < 1.29 is 40.3 Å². The molecular weight excluding hydrogens is 345 g/mol. The van der Waals surface area contributed by atoms with E-state index in [0.29, 0.717) is 5.56 Å². The number of hydrogen-bond donors (Lipinski definition) is 0. The lowest BCUT2D eigenvalue weighted by Gasteiger charge is -2.26. The van der Waals surface area contributed by atoms with Gasteiger partial charge in [-0.1, -0.05) is 24.3 Å². The molecule has 1 aromatic carbocycles. The maximum atomic E-state index is 13.0. The lowest BCUT2D eigenvalue weighted by atomic mass is 10.1. The van der Waals surface area contributed by atoms with Crippen molar-refractivity contribution in [3.05, 3.63) is 35.4 Å². The molecule has 1 aromatic rings. The molecular formula is C12H8ClF7O2. The predicted molar refractivity (Wildman–Crippen MR) is 61.7 cm³/mol. The van der Waals surface area contributed by atoms with Crippen LogP contribution in [0, 0.1) is 0 Å². The Balaban J connectivity index is 2.78. The van der Waals surface area contributed by atoms with Crippen LogP contribution in [0.25, 0.3) is 0 Å². The fourth-order valence-electron chi connectivity index (χ4n) is 1.27. The fourth-order valence-corrected chi connectivity index (χ4v) is 1.45. The van der Waals surface area contributed by atoms with Crippen molar-refractivity contribution >= 4 is 17.6 Å². The number of rotatable bonds is 5. The molecule has 0 amide bonds. The zero-order valence-corrected chi connectivity index (χ0v) is 11.3. The second kappa shape index (κ2) is 6.31. The van der Waals surface area contributed by atoms with Crippen molar-refractivity contribution in [1.29, 1.82) is 0 Å². The standard InChI is InChI=1S/C12H8ClF7O2/c13-5-7-1-3-8(4-2-7)6-22-9(21)10(14,15)11(16,17)12(18,19)20/h1-4H,5-6H2. The number of carbonyl (C=O) groups excluding carboxylic acids is 1. The Labute approximate surface area is 124 Å². The third-order valence-corrected chi connectivity index (χ3v) is 2.86. The van der Waals surface area contributed by atoms with Crippen molar-refractivity contribution in [1.82, 2.24) is 0 Å². The van der Waals surface area contributed by atoms with Crippen LogP contribution in [0.15, 0.2) is 24.3 Å². The Morgan fingerprint density at radius 3 is 1.82 bits per heavy atom. The largest absolute Gasteiger partial charge is 0.460 e. The molecule has 0 atom stereocenters. The first-order valence-corrected chi connectivity index (χ1v) is 6.10. The van der Waals surface area contributed by atoms with Crippen molar-refractivity contribution in [2.24, 2.45) is 0 Å². The molecule has 0 spiro atoms. The van der Waals surface area contributed by atoms with Crippen LogP contribution in [0.3, 0.4) is 0 Å². The normalized spacial score (nSPS) is 13.1. The third kappa shape index (κ3) is 3.63. The first-order valence-electron chi connectivity index (χ1n) is 5.57.